The Bertz CT molecular complexity index is 1250. The Morgan fingerprint density at radius 1 is 0.935 bits per heavy atom. The lowest BCUT2D eigenvalue weighted by molar-refractivity contribution is -0.126. The van der Waals surface area contributed by atoms with Crippen molar-refractivity contribution >= 4 is 39.5 Å². The lowest BCUT2D eigenvalue weighted by Crippen LogP contribution is -2.48. The average Bonchev–Trinajstić information content (AvgIpc) is 3.16. The van der Waals surface area contributed by atoms with Gasteiger partial charge in [0.2, 0.25) is 5.91 Å². The van der Waals surface area contributed by atoms with E-state index in [0.29, 0.717) is 0 Å². The SMILES string of the molecule is CCn1c2ccccc2c2cc(/C=C/C(=O)N3CCN(c4ccncc4)CC3)ccc21. The molecule has 1 aliphatic rings. The first-order valence-electron chi connectivity index (χ1n) is 10.9. The van der Waals surface area contributed by atoms with Gasteiger partial charge in [-0.2, -0.15) is 0 Å². The third-order valence-electron chi connectivity index (χ3n) is 6.15. The van der Waals surface area contributed by atoms with E-state index in [2.05, 4.69) is 63.8 Å². The van der Waals surface area contributed by atoms with Crippen molar-refractivity contribution in [3.05, 3.63) is 78.6 Å². The van der Waals surface area contributed by atoms with Crippen LogP contribution in [0, 0.1) is 0 Å². The van der Waals surface area contributed by atoms with Crippen LogP contribution in [0.2, 0.25) is 0 Å². The second kappa shape index (κ2) is 8.26. The minimum absolute atomic E-state index is 0.0745. The van der Waals surface area contributed by atoms with Crippen molar-refractivity contribution < 1.29 is 4.79 Å². The molecule has 1 aliphatic heterocycles. The number of piperazine rings is 1. The minimum atomic E-state index is 0.0745. The molecule has 0 spiro atoms. The van der Waals surface area contributed by atoms with Gasteiger partial charge in [-0.05, 0) is 48.9 Å². The number of hydrogen-bond acceptors (Lipinski definition) is 3. The molecule has 5 heteroatoms. The Labute approximate surface area is 182 Å². The van der Waals surface area contributed by atoms with E-state index >= 15 is 0 Å². The van der Waals surface area contributed by atoms with Crippen molar-refractivity contribution in [2.75, 3.05) is 31.1 Å². The lowest BCUT2D eigenvalue weighted by atomic mass is 10.1. The molecule has 0 radical (unpaired) electrons. The van der Waals surface area contributed by atoms with Crippen molar-refractivity contribution in [2.24, 2.45) is 0 Å². The first-order chi connectivity index (χ1) is 15.2. The smallest absolute Gasteiger partial charge is 0.246 e. The zero-order valence-electron chi connectivity index (χ0n) is 17.7. The molecule has 1 fully saturated rings. The van der Waals surface area contributed by atoms with E-state index in [4.69, 9.17) is 0 Å². The number of rotatable bonds is 4. The number of benzene rings is 2. The summed E-state index contributed by atoms with van der Waals surface area (Å²) in [7, 11) is 0. The summed E-state index contributed by atoms with van der Waals surface area (Å²) in [5, 5.41) is 2.49. The fourth-order valence-corrected chi connectivity index (χ4v) is 4.53. The molecule has 2 aromatic carbocycles. The van der Waals surface area contributed by atoms with E-state index in [1.54, 1.807) is 6.08 Å². The molecule has 2 aromatic heterocycles. The van der Waals surface area contributed by atoms with Gasteiger partial charge in [-0.3, -0.25) is 9.78 Å². The number of para-hydroxylation sites is 1. The van der Waals surface area contributed by atoms with Crippen LogP contribution < -0.4 is 4.90 Å². The highest BCUT2D eigenvalue weighted by molar-refractivity contribution is 6.08. The van der Waals surface area contributed by atoms with Crippen LogP contribution in [0.1, 0.15) is 12.5 Å². The van der Waals surface area contributed by atoms with Gasteiger partial charge in [-0.1, -0.05) is 24.3 Å². The number of fused-ring (bicyclic) bond motifs is 3. The number of carbonyl (C=O) groups is 1. The number of hydrogen-bond donors (Lipinski definition) is 0. The number of aromatic nitrogens is 2. The third-order valence-corrected chi connectivity index (χ3v) is 6.15. The van der Waals surface area contributed by atoms with E-state index < -0.39 is 0 Å². The number of amides is 1. The highest BCUT2D eigenvalue weighted by Crippen LogP contribution is 2.30. The second-order valence-corrected chi connectivity index (χ2v) is 7.89. The third kappa shape index (κ3) is 3.67. The van der Waals surface area contributed by atoms with Crippen LogP contribution in [0.5, 0.6) is 0 Å². The Kier molecular flexibility index (Phi) is 5.16. The summed E-state index contributed by atoms with van der Waals surface area (Å²) in [6, 6.07) is 19.0. The number of anilines is 1. The van der Waals surface area contributed by atoms with Gasteiger partial charge in [0.25, 0.3) is 0 Å². The van der Waals surface area contributed by atoms with Gasteiger partial charge in [0.1, 0.15) is 0 Å². The molecular weight excluding hydrogens is 384 g/mol. The van der Waals surface area contributed by atoms with Crippen LogP contribution in [0.25, 0.3) is 27.9 Å². The van der Waals surface area contributed by atoms with Gasteiger partial charge in [-0.25, -0.2) is 0 Å². The fourth-order valence-electron chi connectivity index (χ4n) is 4.53. The topological polar surface area (TPSA) is 41.4 Å². The largest absolute Gasteiger partial charge is 0.368 e. The molecule has 0 saturated carbocycles. The number of nitrogens with zero attached hydrogens (tertiary/aromatic N) is 4. The molecule has 4 aromatic rings. The molecular formula is C26H26N4O. The van der Waals surface area contributed by atoms with Crippen molar-refractivity contribution in [1.29, 1.82) is 0 Å². The number of pyridine rings is 1. The fraction of sp³-hybridized carbons (Fsp3) is 0.231. The van der Waals surface area contributed by atoms with E-state index in [1.165, 1.54) is 21.8 Å². The van der Waals surface area contributed by atoms with Crippen LogP contribution >= 0.6 is 0 Å². The van der Waals surface area contributed by atoms with Crippen LogP contribution in [-0.4, -0.2) is 46.5 Å². The molecule has 0 atom stereocenters. The molecule has 31 heavy (non-hydrogen) atoms. The van der Waals surface area contributed by atoms with Crippen molar-refractivity contribution in [2.45, 2.75) is 13.5 Å². The summed E-state index contributed by atoms with van der Waals surface area (Å²) < 4.78 is 2.34. The highest BCUT2D eigenvalue weighted by Gasteiger charge is 2.19. The summed E-state index contributed by atoms with van der Waals surface area (Å²) in [4.78, 5) is 21.0. The normalized spacial score (nSPS) is 14.7. The quantitative estimate of drug-likeness (QED) is 0.463. The molecule has 0 bridgehead atoms. The Morgan fingerprint density at radius 3 is 2.45 bits per heavy atom. The maximum absolute atomic E-state index is 12.7. The molecule has 0 N–H and O–H groups in total. The average molecular weight is 411 g/mol. The molecule has 0 aliphatic carbocycles. The second-order valence-electron chi connectivity index (χ2n) is 7.89. The van der Waals surface area contributed by atoms with Gasteiger partial charge < -0.3 is 14.4 Å². The Balaban J connectivity index is 1.31. The standard InChI is InChI=1S/C26H26N4O/c1-2-30-24-6-4-3-5-22(24)23-19-20(7-9-25(23)30)8-10-26(31)29-17-15-28(16-18-29)21-11-13-27-14-12-21/h3-14,19H,2,15-18H2,1H3/b10-8+. The lowest BCUT2D eigenvalue weighted by Gasteiger charge is -2.35. The van der Waals surface area contributed by atoms with Crippen LogP contribution in [0.3, 0.4) is 0 Å². The molecule has 5 nitrogen and oxygen atoms in total. The maximum Gasteiger partial charge on any atom is 0.246 e. The van der Waals surface area contributed by atoms with Gasteiger partial charge in [-0.15, -0.1) is 0 Å². The molecule has 1 amide bonds. The van der Waals surface area contributed by atoms with Crippen molar-refractivity contribution in [3.63, 3.8) is 0 Å². The first kappa shape index (κ1) is 19.4. The molecule has 156 valence electrons. The number of aryl methyl sites for hydroxylation is 1. The first-order valence-corrected chi connectivity index (χ1v) is 10.9. The highest BCUT2D eigenvalue weighted by atomic mass is 16.2. The summed E-state index contributed by atoms with van der Waals surface area (Å²) in [5.41, 5.74) is 4.70. The summed E-state index contributed by atoms with van der Waals surface area (Å²) >= 11 is 0. The van der Waals surface area contributed by atoms with Crippen molar-refractivity contribution in [1.82, 2.24) is 14.5 Å². The van der Waals surface area contributed by atoms with E-state index in [9.17, 15) is 4.79 Å². The molecule has 5 rings (SSSR count). The number of carbonyl (C=O) groups excluding carboxylic acids is 1. The molecule has 0 unspecified atom stereocenters. The van der Waals surface area contributed by atoms with Crippen LogP contribution in [0.15, 0.2) is 73.1 Å². The van der Waals surface area contributed by atoms with Gasteiger partial charge >= 0.3 is 0 Å². The zero-order valence-corrected chi connectivity index (χ0v) is 17.7. The Hall–Kier alpha value is -3.60. The zero-order chi connectivity index (χ0) is 21.2. The molecule has 3 heterocycles. The summed E-state index contributed by atoms with van der Waals surface area (Å²) in [6.07, 6.45) is 7.27. The predicted molar refractivity (Wildman–Crippen MR) is 127 cm³/mol. The van der Waals surface area contributed by atoms with E-state index in [0.717, 1.165) is 44.0 Å². The Morgan fingerprint density at radius 2 is 1.68 bits per heavy atom. The monoisotopic (exact) mass is 410 g/mol. The maximum atomic E-state index is 12.7. The van der Waals surface area contributed by atoms with Gasteiger partial charge in [0.15, 0.2) is 0 Å². The van der Waals surface area contributed by atoms with Crippen LogP contribution in [0.4, 0.5) is 5.69 Å². The van der Waals surface area contributed by atoms with Crippen LogP contribution in [-0.2, 0) is 11.3 Å². The van der Waals surface area contributed by atoms with Crippen molar-refractivity contribution in [3.8, 4) is 0 Å². The van der Waals surface area contributed by atoms with E-state index in [-0.39, 0.29) is 5.91 Å². The summed E-state index contributed by atoms with van der Waals surface area (Å²) in [6.45, 7) is 6.25. The predicted octanol–water partition coefficient (Wildman–Crippen LogP) is 4.57. The summed E-state index contributed by atoms with van der Waals surface area (Å²) in [5.74, 6) is 0.0745. The van der Waals surface area contributed by atoms with Gasteiger partial charge in [0, 0.05) is 78.7 Å². The molecule has 1 saturated heterocycles. The van der Waals surface area contributed by atoms with Gasteiger partial charge in [0.05, 0.1) is 0 Å². The minimum Gasteiger partial charge on any atom is -0.368 e. The van der Waals surface area contributed by atoms with E-state index in [1.807, 2.05) is 35.5 Å².